The van der Waals surface area contributed by atoms with Crippen LogP contribution in [0, 0.1) is 0 Å². The highest BCUT2D eigenvalue weighted by Crippen LogP contribution is 2.29. The van der Waals surface area contributed by atoms with Crippen LogP contribution in [-0.2, 0) is 20.6 Å². The van der Waals surface area contributed by atoms with Crippen LogP contribution in [0.2, 0.25) is 0 Å². The minimum Gasteiger partial charge on any atom is -0.328 e. The van der Waals surface area contributed by atoms with Crippen molar-refractivity contribution in [2.75, 3.05) is 11.5 Å². The lowest BCUT2D eigenvalue weighted by atomic mass is 10.4. The Bertz CT molecular complexity index is 1020. The maximum absolute atomic E-state index is 12.6. The number of aryl methyl sites for hydroxylation is 2. The first kappa shape index (κ1) is 19.2. The monoisotopic (exact) mass is 412 g/mol. The molecule has 0 aliphatic carbocycles. The molecule has 0 saturated carbocycles. The Morgan fingerprint density at radius 3 is 2.50 bits per heavy atom. The predicted octanol–water partition coefficient (Wildman–Crippen LogP) is 1.97. The summed E-state index contributed by atoms with van der Waals surface area (Å²) in [6.45, 7) is 2.51. The zero-order chi connectivity index (χ0) is 18.7. The summed E-state index contributed by atoms with van der Waals surface area (Å²) in [6, 6.07) is 0. The van der Waals surface area contributed by atoms with Crippen LogP contribution in [0.4, 0.5) is 0 Å². The van der Waals surface area contributed by atoms with E-state index in [1.54, 1.807) is 59.9 Å². The molecule has 26 heavy (non-hydrogen) atoms. The van der Waals surface area contributed by atoms with E-state index >= 15 is 0 Å². The summed E-state index contributed by atoms with van der Waals surface area (Å²) >= 11 is 4.92. The van der Waals surface area contributed by atoms with Gasteiger partial charge in [-0.25, -0.2) is 9.78 Å². The van der Waals surface area contributed by atoms with Crippen LogP contribution in [0.25, 0.3) is 11.2 Å². The second-order valence-corrected chi connectivity index (χ2v) is 9.37. The molecule has 140 valence electrons. The fraction of sp³-hybridized carbons (Fsp3) is 0.533. The lowest BCUT2D eigenvalue weighted by Gasteiger charge is -2.08. The molecule has 3 heterocycles. The molecule has 3 aromatic heterocycles. The zero-order valence-corrected chi connectivity index (χ0v) is 17.3. The van der Waals surface area contributed by atoms with Crippen LogP contribution in [0.5, 0.6) is 0 Å². The molecule has 0 fully saturated rings. The first-order chi connectivity index (χ1) is 12.5. The van der Waals surface area contributed by atoms with Crippen LogP contribution < -0.4 is 11.2 Å². The number of aromatic nitrogens is 6. The van der Waals surface area contributed by atoms with Crippen molar-refractivity contribution in [1.82, 2.24) is 28.9 Å². The number of fused-ring (bicyclic) bond motifs is 1. The van der Waals surface area contributed by atoms with Gasteiger partial charge in [-0.3, -0.25) is 13.9 Å². The summed E-state index contributed by atoms with van der Waals surface area (Å²) in [6.07, 6.45) is 3.35. The second kappa shape index (κ2) is 8.40. The molecule has 0 N–H and O–H groups in total. The van der Waals surface area contributed by atoms with E-state index in [4.69, 9.17) is 0 Å². The average molecular weight is 413 g/mol. The van der Waals surface area contributed by atoms with Crippen LogP contribution in [0.15, 0.2) is 24.6 Å². The second-order valence-electron chi connectivity index (χ2n) is 5.71. The predicted molar refractivity (Wildman–Crippen MR) is 106 cm³/mol. The number of hydrogen-bond donors (Lipinski definition) is 0. The Kier molecular flexibility index (Phi) is 6.20. The molecule has 3 aromatic rings. The summed E-state index contributed by atoms with van der Waals surface area (Å²) in [5.41, 5.74) is 0.239. The lowest BCUT2D eigenvalue weighted by Crippen LogP contribution is -2.39. The summed E-state index contributed by atoms with van der Waals surface area (Å²) in [7, 11) is 3.39. The molecule has 0 amide bonds. The van der Waals surface area contributed by atoms with Gasteiger partial charge in [-0.05, 0) is 12.8 Å². The van der Waals surface area contributed by atoms with Gasteiger partial charge in [-0.1, -0.05) is 41.8 Å². The van der Waals surface area contributed by atoms with Crippen molar-refractivity contribution in [3.63, 3.8) is 0 Å². The van der Waals surface area contributed by atoms with E-state index in [1.165, 1.54) is 9.13 Å². The minimum absolute atomic E-state index is 0.290. The standard InChI is InChI=1S/C15H20N6O2S3/c1-4-7-24-13-17-18-14(26-13)25-8-5-6-21-12(22)10-11(16-9-19(10)2)20(3)15(21)23/h9H,4-8H2,1-3H3. The zero-order valence-electron chi connectivity index (χ0n) is 14.8. The molecule has 0 radical (unpaired) electrons. The minimum atomic E-state index is -0.333. The summed E-state index contributed by atoms with van der Waals surface area (Å²) < 4.78 is 6.27. The van der Waals surface area contributed by atoms with Crippen molar-refractivity contribution < 1.29 is 0 Å². The Balaban J connectivity index is 1.65. The number of rotatable bonds is 8. The molecule has 0 spiro atoms. The fourth-order valence-corrected chi connectivity index (χ4v) is 5.42. The van der Waals surface area contributed by atoms with E-state index in [1.807, 2.05) is 0 Å². The molecule has 0 aliphatic rings. The van der Waals surface area contributed by atoms with Gasteiger partial charge in [0.2, 0.25) is 0 Å². The molecule has 0 aliphatic heterocycles. The van der Waals surface area contributed by atoms with E-state index in [2.05, 4.69) is 22.1 Å². The van der Waals surface area contributed by atoms with Crippen molar-refractivity contribution >= 4 is 46.0 Å². The molecule has 0 saturated heterocycles. The van der Waals surface area contributed by atoms with Gasteiger partial charge >= 0.3 is 5.69 Å². The smallest absolute Gasteiger partial charge is 0.328 e. The Hall–Kier alpha value is -1.59. The highest BCUT2D eigenvalue weighted by atomic mass is 32.2. The number of thioether (sulfide) groups is 2. The quantitative estimate of drug-likeness (QED) is 0.413. The maximum atomic E-state index is 12.6. The van der Waals surface area contributed by atoms with E-state index in [0.29, 0.717) is 24.1 Å². The maximum Gasteiger partial charge on any atom is 0.332 e. The van der Waals surface area contributed by atoms with Gasteiger partial charge in [0.05, 0.1) is 6.33 Å². The molecule has 0 atom stereocenters. The third kappa shape index (κ3) is 3.89. The van der Waals surface area contributed by atoms with E-state index < -0.39 is 0 Å². The van der Waals surface area contributed by atoms with Crippen molar-refractivity contribution in [3.8, 4) is 0 Å². The van der Waals surface area contributed by atoms with Crippen LogP contribution in [0.1, 0.15) is 19.8 Å². The molecule has 0 unspecified atom stereocenters. The van der Waals surface area contributed by atoms with Gasteiger partial charge in [0.25, 0.3) is 5.56 Å². The molecule has 3 rings (SSSR count). The molecule has 11 heteroatoms. The fourth-order valence-electron chi connectivity index (χ4n) is 2.48. The molecule has 0 bridgehead atoms. The Morgan fingerprint density at radius 2 is 1.81 bits per heavy atom. The van der Waals surface area contributed by atoms with Crippen molar-refractivity contribution in [1.29, 1.82) is 0 Å². The van der Waals surface area contributed by atoms with Crippen LogP contribution in [0.3, 0.4) is 0 Å². The van der Waals surface area contributed by atoms with Gasteiger partial charge in [-0.15, -0.1) is 10.2 Å². The Morgan fingerprint density at radius 1 is 1.12 bits per heavy atom. The van der Waals surface area contributed by atoms with E-state index in [9.17, 15) is 9.59 Å². The highest BCUT2D eigenvalue weighted by molar-refractivity contribution is 8.03. The van der Waals surface area contributed by atoms with Gasteiger partial charge in [0.15, 0.2) is 19.8 Å². The van der Waals surface area contributed by atoms with Gasteiger partial charge in [0, 0.05) is 32.1 Å². The third-order valence-electron chi connectivity index (χ3n) is 3.77. The lowest BCUT2D eigenvalue weighted by molar-refractivity contribution is 0.594. The highest BCUT2D eigenvalue weighted by Gasteiger charge is 2.14. The Labute approximate surface area is 162 Å². The number of nitrogens with zero attached hydrogens (tertiary/aromatic N) is 6. The van der Waals surface area contributed by atoms with Crippen molar-refractivity contribution in [2.45, 2.75) is 35.0 Å². The first-order valence-electron chi connectivity index (χ1n) is 8.23. The largest absolute Gasteiger partial charge is 0.332 e. The van der Waals surface area contributed by atoms with Crippen LogP contribution in [-0.4, -0.2) is 40.4 Å². The van der Waals surface area contributed by atoms with Crippen molar-refractivity contribution in [2.24, 2.45) is 14.1 Å². The molecular formula is C15H20N6O2S3. The van der Waals surface area contributed by atoms with Crippen LogP contribution >= 0.6 is 34.9 Å². The first-order valence-corrected chi connectivity index (χ1v) is 11.0. The molecule has 0 aromatic carbocycles. The summed E-state index contributed by atoms with van der Waals surface area (Å²) in [5.74, 6) is 1.81. The van der Waals surface area contributed by atoms with E-state index in [0.717, 1.165) is 26.6 Å². The van der Waals surface area contributed by atoms with Gasteiger partial charge in [-0.2, -0.15) is 0 Å². The molecular weight excluding hydrogens is 392 g/mol. The average Bonchev–Trinajstić information content (AvgIpc) is 3.24. The van der Waals surface area contributed by atoms with Gasteiger partial charge in [0.1, 0.15) is 0 Å². The van der Waals surface area contributed by atoms with E-state index in [-0.39, 0.29) is 11.2 Å². The number of imidazole rings is 1. The summed E-state index contributed by atoms with van der Waals surface area (Å²) in [5, 5.41) is 8.33. The SMILES string of the molecule is CCCSc1nnc(SCCCn2c(=O)c3c(ncn3C)n(C)c2=O)s1. The van der Waals surface area contributed by atoms with Crippen molar-refractivity contribution in [3.05, 3.63) is 27.2 Å². The number of hydrogen-bond acceptors (Lipinski definition) is 8. The molecule has 8 nitrogen and oxygen atoms in total. The third-order valence-corrected chi connectivity index (χ3v) is 7.25. The topological polar surface area (TPSA) is 87.6 Å². The normalized spacial score (nSPS) is 11.5. The summed E-state index contributed by atoms with van der Waals surface area (Å²) in [4.78, 5) is 29.2. The van der Waals surface area contributed by atoms with Gasteiger partial charge < -0.3 is 4.57 Å².